The topological polar surface area (TPSA) is 29.5 Å². The van der Waals surface area contributed by atoms with Gasteiger partial charge in [-0.05, 0) is 38.1 Å². The SMILES string of the molecule is COc1ccccc1C(=O)CN1CCC(C(F)(F)F)CC1. The summed E-state index contributed by atoms with van der Waals surface area (Å²) in [5, 5.41) is 0. The van der Waals surface area contributed by atoms with Gasteiger partial charge in [-0.2, -0.15) is 13.2 Å². The Labute approximate surface area is 121 Å². The fraction of sp³-hybridized carbons (Fsp3) is 0.533. The normalized spacial score (nSPS) is 17.7. The molecule has 0 saturated carbocycles. The van der Waals surface area contributed by atoms with E-state index in [4.69, 9.17) is 4.74 Å². The molecular formula is C15H18F3NO2. The number of hydrogen-bond donors (Lipinski definition) is 0. The number of para-hydroxylation sites is 1. The average Bonchev–Trinajstić information content (AvgIpc) is 2.46. The standard InChI is InChI=1S/C15H18F3NO2/c1-21-14-5-3-2-4-12(14)13(20)10-19-8-6-11(7-9-19)15(16,17)18/h2-5,11H,6-10H2,1H3. The number of halogens is 3. The molecule has 1 fully saturated rings. The molecule has 0 atom stereocenters. The van der Waals surface area contributed by atoms with Gasteiger partial charge in [-0.3, -0.25) is 9.69 Å². The molecule has 2 rings (SSSR count). The predicted octanol–water partition coefficient (Wildman–Crippen LogP) is 3.15. The van der Waals surface area contributed by atoms with Crippen molar-refractivity contribution in [3.8, 4) is 5.75 Å². The fourth-order valence-electron chi connectivity index (χ4n) is 2.58. The Morgan fingerprint density at radius 3 is 2.48 bits per heavy atom. The summed E-state index contributed by atoms with van der Waals surface area (Å²) in [4.78, 5) is 14.0. The summed E-state index contributed by atoms with van der Waals surface area (Å²) in [7, 11) is 1.49. The second-order valence-electron chi connectivity index (χ2n) is 5.22. The first-order valence-corrected chi connectivity index (χ1v) is 6.87. The molecule has 0 aromatic heterocycles. The number of ketones is 1. The van der Waals surface area contributed by atoms with E-state index in [9.17, 15) is 18.0 Å². The van der Waals surface area contributed by atoms with Crippen LogP contribution in [0.25, 0.3) is 0 Å². The lowest BCUT2D eigenvalue weighted by Crippen LogP contribution is -2.41. The summed E-state index contributed by atoms with van der Waals surface area (Å²) in [6.07, 6.45) is -4.01. The molecule has 116 valence electrons. The van der Waals surface area contributed by atoms with Gasteiger partial charge >= 0.3 is 6.18 Å². The van der Waals surface area contributed by atoms with E-state index in [0.717, 1.165) is 0 Å². The number of piperidine rings is 1. The molecule has 0 N–H and O–H groups in total. The number of carbonyl (C=O) groups is 1. The van der Waals surface area contributed by atoms with Crippen LogP contribution in [0.5, 0.6) is 5.75 Å². The predicted molar refractivity (Wildman–Crippen MR) is 72.5 cm³/mol. The Bertz CT molecular complexity index is 494. The summed E-state index contributed by atoms with van der Waals surface area (Å²) in [6.45, 7) is 0.723. The van der Waals surface area contributed by atoms with Crippen molar-refractivity contribution >= 4 is 5.78 Å². The van der Waals surface area contributed by atoms with Crippen LogP contribution in [0.3, 0.4) is 0 Å². The van der Waals surface area contributed by atoms with E-state index in [0.29, 0.717) is 24.4 Å². The lowest BCUT2D eigenvalue weighted by Gasteiger charge is -2.32. The molecule has 0 unspecified atom stereocenters. The maximum Gasteiger partial charge on any atom is 0.391 e. The highest BCUT2D eigenvalue weighted by Gasteiger charge is 2.41. The maximum atomic E-state index is 12.6. The second-order valence-corrected chi connectivity index (χ2v) is 5.22. The number of ether oxygens (including phenoxy) is 1. The second kappa shape index (κ2) is 6.47. The molecule has 1 aliphatic heterocycles. The van der Waals surface area contributed by atoms with E-state index in [-0.39, 0.29) is 25.2 Å². The fourth-order valence-corrected chi connectivity index (χ4v) is 2.58. The number of benzene rings is 1. The van der Waals surface area contributed by atoms with E-state index >= 15 is 0 Å². The lowest BCUT2D eigenvalue weighted by molar-refractivity contribution is -0.184. The van der Waals surface area contributed by atoms with Gasteiger partial charge in [0.15, 0.2) is 5.78 Å². The van der Waals surface area contributed by atoms with Gasteiger partial charge < -0.3 is 4.74 Å². The Morgan fingerprint density at radius 2 is 1.90 bits per heavy atom. The van der Waals surface area contributed by atoms with Gasteiger partial charge in [0.25, 0.3) is 0 Å². The maximum absolute atomic E-state index is 12.6. The zero-order valence-electron chi connectivity index (χ0n) is 11.8. The van der Waals surface area contributed by atoms with Crippen LogP contribution in [0.1, 0.15) is 23.2 Å². The van der Waals surface area contributed by atoms with E-state index in [2.05, 4.69) is 0 Å². The first-order valence-electron chi connectivity index (χ1n) is 6.87. The van der Waals surface area contributed by atoms with Crippen LogP contribution in [-0.4, -0.2) is 43.6 Å². The molecule has 0 aliphatic carbocycles. The molecule has 1 aromatic carbocycles. The van der Waals surface area contributed by atoms with Crippen LogP contribution in [0, 0.1) is 5.92 Å². The minimum Gasteiger partial charge on any atom is -0.496 e. The average molecular weight is 301 g/mol. The quantitative estimate of drug-likeness (QED) is 0.800. The molecule has 0 amide bonds. The molecule has 3 nitrogen and oxygen atoms in total. The highest BCUT2D eigenvalue weighted by molar-refractivity contribution is 6.00. The van der Waals surface area contributed by atoms with E-state index < -0.39 is 12.1 Å². The lowest BCUT2D eigenvalue weighted by atomic mass is 9.96. The summed E-state index contributed by atoms with van der Waals surface area (Å²) in [5.41, 5.74) is 0.470. The number of Topliss-reactive ketones (excluding diaryl/α,β-unsaturated/α-hetero) is 1. The number of nitrogens with zero attached hydrogens (tertiary/aromatic N) is 1. The molecule has 1 aromatic rings. The van der Waals surface area contributed by atoms with Crippen LogP contribution in [0.2, 0.25) is 0 Å². The van der Waals surface area contributed by atoms with Crippen molar-refractivity contribution in [3.63, 3.8) is 0 Å². The van der Waals surface area contributed by atoms with Crippen molar-refractivity contribution in [2.45, 2.75) is 19.0 Å². The minimum absolute atomic E-state index is 0.0582. The van der Waals surface area contributed by atoms with Crippen molar-refractivity contribution in [2.24, 2.45) is 5.92 Å². The Hall–Kier alpha value is -1.56. The van der Waals surface area contributed by atoms with Gasteiger partial charge in [0, 0.05) is 0 Å². The minimum atomic E-state index is -4.13. The van der Waals surface area contributed by atoms with Crippen molar-refractivity contribution in [1.82, 2.24) is 4.90 Å². The first-order chi connectivity index (χ1) is 9.91. The Balaban J connectivity index is 1.93. The molecular weight excluding hydrogens is 283 g/mol. The number of hydrogen-bond acceptors (Lipinski definition) is 3. The molecule has 0 radical (unpaired) electrons. The molecule has 1 saturated heterocycles. The van der Waals surface area contributed by atoms with E-state index in [1.54, 1.807) is 29.2 Å². The number of methoxy groups -OCH3 is 1. The van der Waals surface area contributed by atoms with Crippen molar-refractivity contribution in [1.29, 1.82) is 0 Å². The molecule has 6 heteroatoms. The van der Waals surface area contributed by atoms with Gasteiger partial charge in [0.1, 0.15) is 5.75 Å². The van der Waals surface area contributed by atoms with Gasteiger partial charge in [-0.15, -0.1) is 0 Å². The number of likely N-dealkylation sites (tertiary alicyclic amines) is 1. The number of carbonyl (C=O) groups excluding carboxylic acids is 1. The zero-order valence-corrected chi connectivity index (χ0v) is 11.8. The van der Waals surface area contributed by atoms with Crippen molar-refractivity contribution in [2.75, 3.05) is 26.7 Å². The monoisotopic (exact) mass is 301 g/mol. The summed E-state index contributed by atoms with van der Waals surface area (Å²) >= 11 is 0. The Morgan fingerprint density at radius 1 is 1.29 bits per heavy atom. The number of alkyl halides is 3. The first kappa shape index (κ1) is 15.8. The molecule has 1 heterocycles. The van der Waals surface area contributed by atoms with E-state index in [1.165, 1.54) is 7.11 Å². The third-order valence-electron chi connectivity index (χ3n) is 3.83. The molecule has 0 bridgehead atoms. The van der Waals surface area contributed by atoms with Crippen LogP contribution in [-0.2, 0) is 0 Å². The largest absolute Gasteiger partial charge is 0.496 e. The third-order valence-corrected chi connectivity index (χ3v) is 3.83. The third kappa shape index (κ3) is 3.97. The van der Waals surface area contributed by atoms with Gasteiger partial charge in [0.2, 0.25) is 0 Å². The summed E-state index contributed by atoms with van der Waals surface area (Å²) in [6, 6.07) is 6.88. The van der Waals surface area contributed by atoms with Crippen LogP contribution >= 0.6 is 0 Å². The smallest absolute Gasteiger partial charge is 0.391 e. The molecule has 21 heavy (non-hydrogen) atoms. The van der Waals surface area contributed by atoms with Crippen LogP contribution < -0.4 is 4.74 Å². The Kier molecular flexibility index (Phi) is 4.88. The molecule has 0 spiro atoms. The van der Waals surface area contributed by atoms with E-state index in [1.807, 2.05) is 0 Å². The summed E-state index contributed by atoms with van der Waals surface area (Å²) in [5.74, 6) is -0.874. The molecule has 1 aliphatic rings. The number of rotatable bonds is 4. The summed E-state index contributed by atoms with van der Waals surface area (Å²) < 4.78 is 42.9. The van der Waals surface area contributed by atoms with Crippen molar-refractivity contribution in [3.05, 3.63) is 29.8 Å². The van der Waals surface area contributed by atoms with Gasteiger partial charge in [0.05, 0.1) is 25.1 Å². The highest BCUT2D eigenvalue weighted by Crippen LogP contribution is 2.34. The van der Waals surface area contributed by atoms with Crippen LogP contribution in [0.4, 0.5) is 13.2 Å². The van der Waals surface area contributed by atoms with Crippen LogP contribution in [0.15, 0.2) is 24.3 Å². The highest BCUT2D eigenvalue weighted by atomic mass is 19.4. The van der Waals surface area contributed by atoms with Crippen molar-refractivity contribution < 1.29 is 22.7 Å². The zero-order chi connectivity index (χ0) is 15.5. The van der Waals surface area contributed by atoms with Gasteiger partial charge in [-0.1, -0.05) is 12.1 Å². The van der Waals surface area contributed by atoms with Gasteiger partial charge in [-0.25, -0.2) is 0 Å².